The molecule has 1 heterocycles. The van der Waals surface area contributed by atoms with Crippen molar-refractivity contribution < 1.29 is 5.11 Å². The Labute approximate surface area is 83.0 Å². The number of rotatable bonds is 3. The van der Waals surface area contributed by atoms with E-state index in [9.17, 15) is 0 Å². The van der Waals surface area contributed by atoms with Gasteiger partial charge >= 0.3 is 0 Å². The second-order valence-electron chi connectivity index (χ2n) is 3.06. The first kappa shape index (κ1) is 10.3. The lowest BCUT2D eigenvalue weighted by atomic mass is 10.3. The van der Waals surface area contributed by atoms with Gasteiger partial charge in [0.2, 0.25) is 0 Å². The van der Waals surface area contributed by atoms with E-state index in [1.165, 1.54) is 0 Å². The summed E-state index contributed by atoms with van der Waals surface area (Å²) < 4.78 is 0. The monoisotopic (exact) mass is 200 g/mol. The van der Waals surface area contributed by atoms with Crippen LogP contribution in [0.3, 0.4) is 0 Å². The smallest absolute Gasteiger partial charge is 0.128 e. The van der Waals surface area contributed by atoms with Gasteiger partial charge in [0.25, 0.3) is 0 Å². The Morgan fingerprint density at radius 3 is 2.77 bits per heavy atom. The predicted octanol–water partition coefficient (Wildman–Crippen LogP) is 1.55. The van der Waals surface area contributed by atoms with Crippen LogP contribution in [0.4, 0.5) is 5.82 Å². The first-order valence-electron chi connectivity index (χ1n) is 4.10. The van der Waals surface area contributed by atoms with E-state index in [2.05, 4.69) is 4.98 Å². The molecule has 13 heavy (non-hydrogen) atoms. The fourth-order valence-corrected chi connectivity index (χ4v) is 1.20. The number of likely N-dealkylation sites (N-methyl/N-ethyl adjacent to an activating group) is 1. The summed E-state index contributed by atoms with van der Waals surface area (Å²) in [6, 6.07) is 3.60. The van der Waals surface area contributed by atoms with Crippen molar-refractivity contribution in [3.63, 3.8) is 0 Å². The van der Waals surface area contributed by atoms with Gasteiger partial charge in [0.05, 0.1) is 11.1 Å². The number of nitrogens with zero attached hydrogens (tertiary/aromatic N) is 2. The van der Waals surface area contributed by atoms with Crippen molar-refractivity contribution in [2.75, 3.05) is 18.5 Å². The molecule has 0 aliphatic carbocycles. The fraction of sp³-hybridized carbons (Fsp3) is 0.444. The molecular weight excluding hydrogens is 188 g/mol. The number of halogens is 1. The molecule has 0 aliphatic heterocycles. The molecular formula is C9H13ClN2O. The molecule has 0 fully saturated rings. The van der Waals surface area contributed by atoms with Crippen LogP contribution >= 0.6 is 11.6 Å². The quantitative estimate of drug-likeness (QED) is 0.805. The zero-order chi connectivity index (χ0) is 9.84. The predicted molar refractivity (Wildman–Crippen MR) is 54.2 cm³/mol. The van der Waals surface area contributed by atoms with E-state index in [1.807, 2.05) is 18.0 Å². The van der Waals surface area contributed by atoms with Gasteiger partial charge in [-0.15, -0.1) is 0 Å². The van der Waals surface area contributed by atoms with E-state index in [0.29, 0.717) is 11.6 Å². The lowest BCUT2D eigenvalue weighted by Crippen LogP contribution is -2.27. The number of anilines is 1. The van der Waals surface area contributed by atoms with Gasteiger partial charge in [-0.2, -0.15) is 0 Å². The number of pyridine rings is 1. The van der Waals surface area contributed by atoms with Crippen molar-refractivity contribution >= 4 is 17.4 Å². The van der Waals surface area contributed by atoms with Gasteiger partial charge in [-0.3, -0.25) is 0 Å². The Hall–Kier alpha value is -0.800. The average Bonchev–Trinajstić information content (AvgIpc) is 2.04. The van der Waals surface area contributed by atoms with Gasteiger partial charge in [0.15, 0.2) is 0 Å². The van der Waals surface area contributed by atoms with Crippen LogP contribution in [0.25, 0.3) is 0 Å². The van der Waals surface area contributed by atoms with Crippen LogP contribution in [0, 0.1) is 0 Å². The van der Waals surface area contributed by atoms with Crippen molar-refractivity contribution in [1.82, 2.24) is 4.98 Å². The topological polar surface area (TPSA) is 36.4 Å². The van der Waals surface area contributed by atoms with E-state index >= 15 is 0 Å². The van der Waals surface area contributed by atoms with E-state index < -0.39 is 0 Å². The lowest BCUT2D eigenvalue weighted by Gasteiger charge is -2.19. The van der Waals surface area contributed by atoms with Crippen molar-refractivity contribution in [2.24, 2.45) is 0 Å². The number of hydrogen-bond acceptors (Lipinski definition) is 3. The Kier molecular flexibility index (Phi) is 3.51. The molecule has 1 atom stereocenters. The molecule has 4 heteroatoms. The van der Waals surface area contributed by atoms with Crippen LogP contribution in [0.1, 0.15) is 6.92 Å². The zero-order valence-electron chi connectivity index (χ0n) is 7.74. The maximum atomic E-state index is 9.14. The number of hydrogen-bond donors (Lipinski definition) is 1. The minimum Gasteiger partial charge on any atom is -0.392 e. The van der Waals surface area contributed by atoms with Gasteiger partial charge in [0.1, 0.15) is 5.82 Å². The maximum Gasteiger partial charge on any atom is 0.128 e. The molecule has 1 aromatic rings. The van der Waals surface area contributed by atoms with Crippen LogP contribution in [0.5, 0.6) is 0 Å². The molecule has 72 valence electrons. The van der Waals surface area contributed by atoms with Crippen LogP contribution in [-0.4, -0.2) is 29.8 Å². The molecule has 0 spiro atoms. The van der Waals surface area contributed by atoms with Gasteiger partial charge < -0.3 is 10.0 Å². The SMILES string of the molecule is C[C@H](O)CN(C)c1ccc(Cl)cn1. The summed E-state index contributed by atoms with van der Waals surface area (Å²) in [6.45, 7) is 2.31. The third-order valence-corrected chi connectivity index (χ3v) is 1.86. The minimum absolute atomic E-state index is 0.359. The second kappa shape index (κ2) is 4.44. The number of aliphatic hydroxyl groups excluding tert-OH is 1. The highest BCUT2D eigenvalue weighted by Gasteiger charge is 2.04. The average molecular weight is 201 g/mol. The maximum absolute atomic E-state index is 9.14. The van der Waals surface area contributed by atoms with Crippen molar-refractivity contribution in [2.45, 2.75) is 13.0 Å². The van der Waals surface area contributed by atoms with Crippen LogP contribution < -0.4 is 4.90 Å². The molecule has 1 aromatic heterocycles. The number of aliphatic hydroxyl groups is 1. The first-order chi connectivity index (χ1) is 6.09. The summed E-state index contributed by atoms with van der Waals surface area (Å²) in [6.07, 6.45) is 1.23. The minimum atomic E-state index is -0.359. The highest BCUT2D eigenvalue weighted by Crippen LogP contribution is 2.12. The molecule has 3 nitrogen and oxygen atoms in total. The molecule has 1 rings (SSSR count). The van der Waals surface area contributed by atoms with Crippen molar-refractivity contribution in [1.29, 1.82) is 0 Å². The Morgan fingerprint density at radius 1 is 1.62 bits per heavy atom. The third-order valence-electron chi connectivity index (χ3n) is 1.64. The summed E-state index contributed by atoms with van der Waals surface area (Å²) >= 11 is 5.69. The normalized spacial score (nSPS) is 12.6. The van der Waals surface area contributed by atoms with E-state index in [-0.39, 0.29) is 6.10 Å². The van der Waals surface area contributed by atoms with E-state index in [4.69, 9.17) is 16.7 Å². The first-order valence-corrected chi connectivity index (χ1v) is 4.48. The van der Waals surface area contributed by atoms with Crippen molar-refractivity contribution in [3.8, 4) is 0 Å². The molecule has 0 unspecified atom stereocenters. The molecule has 0 saturated heterocycles. The van der Waals surface area contributed by atoms with Gasteiger partial charge in [-0.05, 0) is 19.1 Å². The standard InChI is InChI=1S/C9H13ClN2O/c1-7(13)6-12(2)9-4-3-8(10)5-11-9/h3-5,7,13H,6H2,1-2H3/t7-/m0/s1. The number of aromatic nitrogens is 1. The summed E-state index contributed by atoms with van der Waals surface area (Å²) in [5, 5.41) is 9.76. The molecule has 1 N–H and O–H groups in total. The molecule has 0 radical (unpaired) electrons. The highest BCUT2D eigenvalue weighted by molar-refractivity contribution is 6.30. The molecule has 0 aromatic carbocycles. The highest BCUT2D eigenvalue weighted by atomic mass is 35.5. The Bertz CT molecular complexity index is 261. The molecule has 0 bridgehead atoms. The lowest BCUT2D eigenvalue weighted by molar-refractivity contribution is 0.201. The zero-order valence-corrected chi connectivity index (χ0v) is 8.49. The van der Waals surface area contributed by atoms with Crippen LogP contribution in [0.2, 0.25) is 5.02 Å². The summed E-state index contributed by atoms with van der Waals surface area (Å²) in [7, 11) is 1.88. The summed E-state index contributed by atoms with van der Waals surface area (Å²) in [5.74, 6) is 0.810. The van der Waals surface area contributed by atoms with Gasteiger partial charge in [-0.1, -0.05) is 11.6 Å². The van der Waals surface area contributed by atoms with E-state index in [1.54, 1.807) is 19.2 Å². The molecule has 0 aliphatic rings. The van der Waals surface area contributed by atoms with Crippen LogP contribution in [0.15, 0.2) is 18.3 Å². The second-order valence-corrected chi connectivity index (χ2v) is 3.50. The van der Waals surface area contributed by atoms with Gasteiger partial charge in [-0.25, -0.2) is 4.98 Å². The Morgan fingerprint density at radius 2 is 2.31 bits per heavy atom. The summed E-state index contributed by atoms with van der Waals surface area (Å²) in [4.78, 5) is 5.99. The van der Waals surface area contributed by atoms with Gasteiger partial charge in [0, 0.05) is 19.8 Å². The fourth-order valence-electron chi connectivity index (χ4n) is 1.08. The molecule has 0 saturated carbocycles. The Balaban J connectivity index is 2.66. The third kappa shape index (κ3) is 3.20. The van der Waals surface area contributed by atoms with E-state index in [0.717, 1.165) is 5.82 Å². The van der Waals surface area contributed by atoms with Crippen molar-refractivity contribution in [3.05, 3.63) is 23.4 Å². The summed E-state index contributed by atoms with van der Waals surface area (Å²) in [5.41, 5.74) is 0. The van der Waals surface area contributed by atoms with Crippen LogP contribution in [-0.2, 0) is 0 Å². The largest absolute Gasteiger partial charge is 0.392 e. The molecule has 0 amide bonds.